The predicted octanol–water partition coefficient (Wildman–Crippen LogP) is 3.91. The summed E-state index contributed by atoms with van der Waals surface area (Å²) in [6.45, 7) is 7.25. The van der Waals surface area contributed by atoms with E-state index in [1.165, 1.54) is 16.7 Å². The summed E-state index contributed by atoms with van der Waals surface area (Å²) in [6, 6.07) is 12.5. The maximum absolute atomic E-state index is 6.10. The van der Waals surface area contributed by atoms with Crippen LogP contribution in [-0.2, 0) is 5.41 Å². The number of nitrogens with two attached hydrogens (primary N) is 1. The largest absolute Gasteiger partial charge is 0.492 e. The zero-order valence-electron chi connectivity index (χ0n) is 11.7. The lowest BCUT2D eigenvalue weighted by Gasteiger charge is -2.16. The number of anilines is 1. The summed E-state index contributed by atoms with van der Waals surface area (Å²) in [6.07, 6.45) is 0. The van der Waals surface area contributed by atoms with Gasteiger partial charge in [0, 0.05) is 22.2 Å². The fourth-order valence-electron chi connectivity index (χ4n) is 2.61. The van der Waals surface area contributed by atoms with Crippen LogP contribution in [0.4, 0.5) is 5.69 Å². The highest BCUT2D eigenvalue weighted by Gasteiger charge is 2.31. The number of hydrogen-bond donors (Lipinski definition) is 1. The van der Waals surface area contributed by atoms with E-state index in [0.29, 0.717) is 0 Å². The summed E-state index contributed by atoms with van der Waals surface area (Å²) in [5.41, 5.74) is 11.8. The molecule has 2 heteroatoms. The quantitative estimate of drug-likeness (QED) is 0.782. The SMILES string of the molecule is Cc1ccc(N)c(-c2ccc3c(c2)C(C)(C)CO3)c1. The summed E-state index contributed by atoms with van der Waals surface area (Å²) in [5.74, 6) is 1.000. The minimum absolute atomic E-state index is 0.0733. The van der Waals surface area contributed by atoms with Gasteiger partial charge in [-0.2, -0.15) is 0 Å². The van der Waals surface area contributed by atoms with Gasteiger partial charge in [-0.25, -0.2) is 0 Å². The fourth-order valence-corrected chi connectivity index (χ4v) is 2.61. The standard InChI is InChI=1S/C17H19NO/c1-11-4-6-15(18)13(8-11)12-5-7-16-14(9-12)17(2,3)10-19-16/h4-9H,10,18H2,1-3H3. The van der Waals surface area contributed by atoms with Crippen molar-refractivity contribution in [1.29, 1.82) is 0 Å². The van der Waals surface area contributed by atoms with Crippen LogP contribution in [-0.4, -0.2) is 6.61 Å². The minimum atomic E-state index is 0.0733. The number of hydrogen-bond acceptors (Lipinski definition) is 2. The van der Waals surface area contributed by atoms with Crippen molar-refractivity contribution < 1.29 is 4.74 Å². The Balaban J connectivity index is 2.15. The van der Waals surface area contributed by atoms with Gasteiger partial charge in [0.2, 0.25) is 0 Å². The third-order valence-electron chi connectivity index (χ3n) is 3.82. The lowest BCUT2D eigenvalue weighted by molar-refractivity contribution is 0.291. The first kappa shape index (κ1) is 12.1. The summed E-state index contributed by atoms with van der Waals surface area (Å²) < 4.78 is 5.73. The summed E-state index contributed by atoms with van der Waals surface area (Å²) in [4.78, 5) is 0. The van der Waals surface area contributed by atoms with Crippen molar-refractivity contribution in [3.63, 3.8) is 0 Å². The van der Waals surface area contributed by atoms with Crippen LogP contribution in [0, 0.1) is 6.92 Å². The fraction of sp³-hybridized carbons (Fsp3) is 0.294. The first-order chi connectivity index (χ1) is 8.97. The monoisotopic (exact) mass is 253 g/mol. The average molecular weight is 253 g/mol. The summed E-state index contributed by atoms with van der Waals surface area (Å²) >= 11 is 0. The minimum Gasteiger partial charge on any atom is -0.492 e. The van der Waals surface area contributed by atoms with Gasteiger partial charge in [-0.05, 0) is 36.8 Å². The van der Waals surface area contributed by atoms with Crippen molar-refractivity contribution in [2.45, 2.75) is 26.2 Å². The molecule has 98 valence electrons. The van der Waals surface area contributed by atoms with Gasteiger partial charge in [0.05, 0.1) is 6.61 Å². The molecule has 3 rings (SSSR count). The van der Waals surface area contributed by atoms with Crippen LogP contribution in [0.25, 0.3) is 11.1 Å². The maximum atomic E-state index is 6.10. The van der Waals surface area contributed by atoms with Gasteiger partial charge < -0.3 is 10.5 Å². The number of aryl methyl sites for hydroxylation is 1. The maximum Gasteiger partial charge on any atom is 0.123 e. The molecule has 0 aliphatic carbocycles. The van der Waals surface area contributed by atoms with E-state index in [9.17, 15) is 0 Å². The molecule has 0 saturated heterocycles. The van der Waals surface area contributed by atoms with Gasteiger partial charge in [0.25, 0.3) is 0 Å². The Hall–Kier alpha value is -1.96. The van der Waals surface area contributed by atoms with E-state index in [1.807, 2.05) is 12.1 Å². The van der Waals surface area contributed by atoms with Gasteiger partial charge >= 0.3 is 0 Å². The molecular weight excluding hydrogens is 234 g/mol. The number of nitrogen functional groups attached to an aromatic ring is 1. The van der Waals surface area contributed by atoms with E-state index in [2.05, 4.69) is 45.0 Å². The van der Waals surface area contributed by atoms with Crippen LogP contribution >= 0.6 is 0 Å². The Morgan fingerprint density at radius 2 is 1.89 bits per heavy atom. The first-order valence-electron chi connectivity index (χ1n) is 6.61. The highest BCUT2D eigenvalue weighted by atomic mass is 16.5. The smallest absolute Gasteiger partial charge is 0.123 e. The average Bonchev–Trinajstić information content (AvgIpc) is 2.68. The second kappa shape index (κ2) is 4.02. The van der Waals surface area contributed by atoms with E-state index < -0.39 is 0 Å². The zero-order chi connectivity index (χ0) is 13.6. The van der Waals surface area contributed by atoms with Crippen molar-refractivity contribution >= 4 is 5.69 Å². The molecule has 0 aromatic heterocycles. The molecule has 0 amide bonds. The number of fused-ring (bicyclic) bond motifs is 1. The molecule has 0 unspecified atom stereocenters. The molecular formula is C17H19NO. The molecule has 0 saturated carbocycles. The molecule has 0 bridgehead atoms. The Bertz CT molecular complexity index is 644. The molecule has 0 fully saturated rings. The molecule has 2 aromatic carbocycles. The molecule has 19 heavy (non-hydrogen) atoms. The van der Waals surface area contributed by atoms with Crippen LogP contribution in [0.1, 0.15) is 25.0 Å². The van der Waals surface area contributed by atoms with Crippen molar-refractivity contribution in [3.8, 4) is 16.9 Å². The molecule has 0 atom stereocenters. The molecule has 2 nitrogen and oxygen atoms in total. The molecule has 1 aliphatic rings. The number of benzene rings is 2. The van der Waals surface area contributed by atoms with E-state index in [4.69, 9.17) is 10.5 Å². The molecule has 0 spiro atoms. The van der Waals surface area contributed by atoms with Crippen LogP contribution in [0.15, 0.2) is 36.4 Å². The zero-order valence-corrected chi connectivity index (χ0v) is 11.7. The van der Waals surface area contributed by atoms with E-state index >= 15 is 0 Å². The Morgan fingerprint density at radius 3 is 2.68 bits per heavy atom. The summed E-state index contributed by atoms with van der Waals surface area (Å²) in [7, 11) is 0. The van der Waals surface area contributed by atoms with Gasteiger partial charge in [0.15, 0.2) is 0 Å². The molecule has 0 radical (unpaired) electrons. The summed E-state index contributed by atoms with van der Waals surface area (Å²) in [5, 5.41) is 0. The van der Waals surface area contributed by atoms with Crippen molar-refractivity contribution in [2.75, 3.05) is 12.3 Å². The van der Waals surface area contributed by atoms with Crippen LogP contribution in [0.2, 0.25) is 0 Å². The van der Waals surface area contributed by atoms with E-state index in [1.54, 1.807) is 0 Å². The molecule has 2 N–H and O–H groups in total. The van der Waals surface area contributed by atoms with E-state index in [0.717, 1.165) is 23.6 Å². The Morgan fingerprint density at radius 1 is 1.11 bits per heavy atom. The van der Waals surface area contributed by atoms with Gasteiger partial charge in [-0.3, -0.25) is 0 Å². The van der Waals surface area contributed by atoms with Crippen molar-refractivity contribution in [1.82, 2.24) is 0 Å². The number of ether oxygens (including phenoxy) is 1. The Kier molecular flexibility index (Phi) is 2.56. The molecule has 2 aromatic rings. The van der Waals surface area contributed by atoms with Crippen LogP contribution in [0.5, 0.6) is 5.75 Å². The van der Waals surface area contributed by atoms with Gasteiger partial charge in [0.1, 0.15) is 5.75 Å². The van der Waals surface area contributed by atoms with Crippen molar-refractivity contribution in [3.05, 3.63) is 47.5 Å². The normalized spacial score (nSPS) is 15.9. The van der Waals surface area contributed by atoms with E-state index in [-0.39, 0.29) is 5.41 Å². The lowest BCUT2D eigenvalue weighted by Crippen LogP contribution is -2.18. The van der Waals surface area contributed by atoms with Crippen LogP contribution < -0.4 is 10.5 Å². The third-order valence-corrected chi connectivity index (χ3v) is 3.82. The van der Waals surface area contributed by atoms with Crippen LogP contribution in [0.3, 0.4) is 0 Å². The lowest BCUT2D eigenvalue weighted by atomic mass is 9.85. The topological polar surface area (TPSA) is 35.2 Å². The molecule has 1 aliphatic heterocycles. The van der Waals surface area contributed by atoms with Crippen molar-refractivity contribution in [2.24, 2.45) is 0 Å². The first-order valence-corrected chi connectivity index (χ1v) is 6.61. The highest BCUT2D eigenvalue weighted by Crippen LogP contribution is 2.41. The second-order valence-corrected chi connectivity index (χ2v) is 5.97. The van der Waals surface area contributed by atoms with Gasteiger partial charge in [-0.15, -0.1) is 0 Å². The number of rotatable bonds is 1. The van der Waals surface area contributed by atoms with Gasteiger partial charge in [-0.1, -0.05) is 31.5 Å². The predicted molar refractivity (Wildman–Crippen MR) is 79.5 cm³/mol. The Labute approximate surface area is 114 Å². The highest BCUT2D eigenvalue weighted by molar-refractivity contribution is 5.78. The second-order valence-electron chi connectivity index (χ2n) is 5.97. The molecule has 1 heterocycles. The third kappa shape index (κ3) is 1.97.